The molecule has 0 aliphatic rings. The number of hydrogen-bond acceptors (Lipinski definition) is 4. The molecule has 1 N–H and O–H groups in total. The van der Waals surface area contributed by atoms with Crippen LogP contribution >= 0.6 is 0 Å². The Bertz CT molecular complexity index is 1140. The Morgan fingerprint density at radius 1 is 0.967 bits per heavy atom. The normalized spacial score (nSPS) is 14.3. The highest BCUT2D eigenvalue weighted by Gasteiger charge is 2.29. The third-order valence-corrected chi connectivity index (χ3v) is 7.91. The van der Waals surface area contributed by atoms with Gasteiger partial charge in [0.2, 0.25) is 10.0 Å². The molecule has 5 nitrogen and oxygen atoms in total. The molecular formula is C23H26N2O3S2. The second-order valence-corrected chi connectivity index (χ2v) is 12.0. The second kappa shape index (κ2) is 8.79. The fourth-order valence-electron chi connectivity index (χ4n) is 3.01. The molecule has 0 amide bonds. The third kappa shape index (κ3) is 5.03. The molecule has 1 heterocycles. The molecule has 0 saturated heterocycles. The van der Waals surface area contributed by atoms with Gasteiger partial charge in [-0.15, -0.1) is 0 Å². The van der Waals surface area contributed by atoms with E-state index in [1.807, 2.05) is 58.0 Å². The van der Waals surface area contributed by atoms with E-state index < -0.39 is 31.6 Å². The summed E-state index contributed by atoms with van der Waals surface area (Å²) in [5, 5.41) is 0. The number of sulfonamides is 1. The number of rotatable bonds is 6. The summed E-state index contributed by atoms with van der Waals surface area (Å²) in [7, 11) is -5.20. The molecule has 3 rings (SSSR count). The van der Waals surface area contributed by atoms with Crippen LogP contribution in [0.1, 0.15) is 43.5 Å². The van der Waals surface area contributed by atoms with Gasteiger partial charge in [-0.25, -0.2) is 8.42 Å². The third-order valence-electron chi connectivity index (χ3n) is 4.62. The Balaban J connectivity index is 2.13. The van der Waals surface area contributed by atoms with E-state index in [1.54, 1.807) is 42.7 Å². The minimum Gasteiger partial charge on any atom is -0.263 e. The first-order chi connectivity index (χ1) is 14.1. The largest absolute Gasteiger partial charge is 0.263 e. The predicted octanol–water partition coefficient (Wildman–Crippen LogP) is 4.36. The van der Waals surface area contributed by atoms with Crippen LogP contribution in [0, 0.1) is 6.92 Å². The molecule has 1 aromatic heterocycles. The molecule has 0 radical (unpaired) electrons. The van der Waals surface area contributed by atoms with Crippen molar-refractivity contribution in [2.75, 3.05) is 0 Å². The van der Waals surface area contributed by atoms with Gasteiger partial charge in [-0.3, -0.25) is 9.19 Å². The van der Waals surface area contributed by atoms with Crippen molar-refractivity contribution in [3.05, 3.63) is 89.7 Å². The molecule has 0 fully saturated rings. The van der Waals surface area contributed by atoms with Gasteiger partial charge in [0.1, 0.15) is 0 Å². The summed E-state index contributed by atoms with van der Waals surface area (Å²) < 4.78 is 41.8. The number of nitrogens with one attached hydrogen (secondary N) is 1. The summed E-state index contributed by atoms with van der Waals surface area (Å²) in [4.78, 5) is 4.85. The average Bonchev–Trinajstić information content (AvgIpc) is 2.72. The lowest BCUT2D eigenvalue weighted by atomic mass is 10.0. The molecule has 0 aliphatic heterocycles. The molecule has 1 unspecified atom stereocenters. The van der Waals surface area contributed by atoms with Crippen molar-refractivity contribution in [1.29, 1.82) is 0 Å². The van der Waals surface area contributed by atoms with Crippen LogP contribution in [0.25, 0.3) is 0 Å². The highest BCUT2D eigenvalue weighted by Crippen LogP contribution is 2.31. The lowest BCUT2D eigenvalue weighted by molar-refractivity contribution is 0.570. The number of aryl methyl sites for hydroxylation is 1. The van der Waals surface area contributed by atoms with Gasteiger partial charge in [0, 0.05) is 17.1 Å². The monoisotopic (exact) mass is 442 g/mol. The van der Waals surface area contributed by atoms with Crippen molar-refractivity contribution in [1.82, 2.24) is 9.71 Å². The number of pyridine rings is 1. The van der Waals surface area contributed by atoms with Crippen LogP contribution in [0.2, 0.25) is 0 Å². The summed E-state index contributed by atoms with van der Waals surface area (Å²) >= 11 is 0. The second-order valence-electron chi connectivity index (χ2n) is 8.07. The van der Waals surface area contributed by atoms with E-state index in [9.17, 15) is 12.6 Å². The van der Waals surface area contributed by atoms with Crippen LogP contribution < -0.4 is 4.72 Å². The quantitative estimate of drug-likeness (QED) is 0.615. The zero-order valence-electron chi connectivity index (χ0n) is 17.5. The van der Waals surface area contributed by atoms with E-state index in [1.165, 1.54) is 0 Å². The SMILES string of the molecule is Cc1ccc(S(=O)(=O)N[C@@H](c2ccccc2)c2ccncc2S(=O)C(C)(C)C)cc1. The number of nitrogens with zero attached hydrogens (tertiary/aromatic N) is 1. The van der Waals surface area contributed by atoms with Gasteiger partial charge in [0.05, 0.1) is 26.6 Å². The Hall–Kier alpha value is -2.35. The lowest BCUT2D eigenvalue weighted by Crippen LogP contribution is -2.31. The van der Waals surface area contributed by atoms with Gasteiger partial charge in [-0.05, 0) is 57.0 Å². The molecule has 0 spiro atoms. The van der Waals surface area contributed by atoms with E-state index in [2.05, 4.69) is 9.71 Å². The summed E-state index contributed by atoms with van der Waals surface area (Å²) in [6, 6.07) is 17.0. The van der Waals surface area contributed by atoms with Crippen molar-refractivity contribution in [2.24, 2.45) is 0 Å². The zero-order chi connectivity index (χ0) is 21.9. The molecule has 2 atom stereocenters. The molecule has 0 bridgehead atoms. The summed E-state index contributed by atoms with van der Waals surface area (Å²) in [5.74, 6) is 0. The van der Waals surface area contributed by atoms with E-state index >= 15 is 0 Å². The Morgan fingerprint density at radius 2 is 1.60 bits per heavy atom. The Labute approximate surface area is 181 Å². The molecule has 0 saturated carbocycles. The van der Waals surface area contributed by atoms with Crippen LogP contribution in [0.4, 0.5) is 0 Å². The van der Waals surface area contributed by atoms with E-state index in [0.717, 1.165) is 11.1 Å². The Kier molecular flexibility index (Phi) is 6.55. The van der Waals surface area contributed by atoms with Crippen LogP contribution in [0.5, 0.6) is 0 Å². The minimum absolute atomic E-state index is 0.182. The highest BCUT2D eigenvalue weighted by molar-refractivity contribution is 7.89. The predicted molar refractivity (Wildman–Crippen MR) is 120 cm³/mol. The molecule has 2 aromatic carbocycles. The maximum Gasteiger partial charge on any atom is 0.241 e. The van der Waals surface area contributed by atoms with Crippen molar-refractivity contribution in [2.45, 2.75) is 48.3 Å². The van der Waals surface area contributed by atoms with Crippen LogP contribution in [0.3, 0.4) is 0 Å². The van der Waals surface area contributed by atoms with Gasteiger partial charge in [-0.1, -0.05) is 48.0 Å². The van der Waals surface area contributed by atoms with Gasteiger partial charge >= 0.3 is 0 Å². The van der Waals surface area contributed by atoms with Crippen molar-refractivity contribution < 1.29 is 12.6 Å². The lowest BCUT2D eigenvalue weighted by Gasteiger charge is -2.25. The van der Waals surface area contributed by atoms with E-state index in [-0.39, 0.29) is 4.90 Å². The summed E-state index contributed by atoms with van der Waals surface area (Å²) in [6.45, 7) is 7.55. The number of aromatic nitrogens is 1. The molecule has 7 heteroatoms. The van der Waals surface area contributed by atoms with Gasteiger partial charge in [0.25, 0.3) is 0 Å². The molecular weight excluding hydrogens is 416 g/mol. The molecule has 158 valence electrons. The maximum absolute atomic E-state index is 13.2. The average molecular weight is 443 g/mol. The van der Waals surface area contributed by atoms with Gasteiger partial charge in [-0.2, -0.15) is 4.72 Å². The van der Waals surface area contributed by atoms with E-state index in [4.69, 9.17) is 0 Å². The van der Waals surface area contributed by atoms with Crippen LogP contribution in [0.15, 0.2) is 82.8 Å². The Morgan fingerprint density at radius 3 is 2.20 bits per heavy atom. The van der Waals surface area contributed by atoms with Crippen molar-refractivity contribution in [3.8, 4) is 0 Å². The summed E-state index contributed by atoms with van der Waals surface area (Å²) in [5.41, 5.74) is 2.36. The number of benzene rings is 2. The molecule has 0 aliphatic carbocycles. The fraction of sp³-hybridized carbons (Fsp3) is 0.261. The topological polar surface area (TPSA) is 76.1 Å². The number of hydrogen-bond donors (Lipinski definition) is 1. The van der Waals surface area contributed by atoms with Gasteiger partial charge in [0.15, 0.2) is 0 Å². The maximum atomic E-state index is 13.2. The van der Waals surface area contributed by atoms with E-state index in [0.29, 0.717) is 10.5 Å². The zero-order valence-corrected chi connectivity index (χ0v) is 19.1. The van der Waals surface area contributed by atoms with Crippen LogP contribution in [-0.4, -0.2) is 22.4 Å². The first-order valence-electron chi connectivity index (χ1n) is 9.59. The minimum atomic E-state index is -3.82. The van der Waals surface area contributed by atoms with Crippen molar-refractivity contribution >= 4 is 20.8 Å². The van der Waals surface area contributed by atoms with Gasteiger partial charge < -0.3 is 0 Å². The molecule has 30 heavy (non-hydrogen) atoms. The highest BCUT2D eigenvalue weighted by atomic mass is 32.2. The van der Waals surface area contributed by atoms with Crippen molar-refractivity contribution in [3.63, 3.8) is 0 Å². The standard InChI is InChI=1S/C23H26N2O3S2/c1-17-10-12-19(13-11-17)30(27,28)25-22(18-8-6-5-7-9-18)20-14-15-24-16-21(20)29(26)23(2,3)4/h5-16,22,25H,1-4H3/t22-,29?/m0/s1. The molecule has 3 aromatic rings. The summed E-state index contributed by atoms with van der Waals surface area (Å²) in [6.07, 6.45) is 3.15. The first-order valence-corrected chi connectivity index (χ1v) is 12.2. The first kappa shape index (κ1) is 22.3. The fourth-order valence-corrected chi connectivity index (χ4v) is 5.43. The van der Waals surface area contributed by atoms with Crippen LogP contribution in [-0.2, 0) is 20.8 Å². The smallest absolute Gasteiger partial charge is 0.241 e.